The molecule has 0 spiro atoms. The maximum atomic E-state index is 12.4. The second-order valence-corrected chi connectivity index (χ2v) is 6.69. The number of halogens is 1. The molecule has 1 saturated carbocycles. The van der Waals surface area contributed by atoms with Crippen molar-refractivity contribution in [3.8, 4) is 0 Å². The molecule has 2 aliphatic rings. The first-order valence-corrected chi connectivity index (χ1v) is 7.60. The van der Waals surface area contributed by atoms with Crippen molar-refractivity contribution in [1.82, 2.24) is 4.90 Å². The van der Waals surface area contributed by atoms with Crippen LogP contribution in [0.2, 0.25) is 0 Å². The third kappa shape index (κ3) is 4.64. The predicted octanol–water partition coefficient (Wildman–Crippen LogP) is 2.82. The highest BCUT2D eigenvalue weighted by atomic mass is 35.5. The van der Waals surface area contributed by atoms with Crippen molar-refractivity contribution >= 4 is 18.3 Å². The molecule has 3 atom stereocenters. The summed E-state index contributed by atoms with van der Waals surface area (Å²) in [4.78, 5) is 14.6. The van der Waals surface area contributed by atoms with Gasteiger partial charge in [0.25, 0.3) is 0 Å². The number of likely N-dealkylation sites (tertiary alicyclic amines) is 1. The molecule has 1 aliphatic heterocycles. The number of rotatable bonds is 3. The molecule has 0 aromatic carbocycles. The fourth-order valence-electron chi connectivity index (χ4n) is 3.62. The van der Waals surface area contributed by atoms with Crippen molar-refractivity contribution in [3.63, 3.8) is 0 Å². The van der Waals surface area contributed by atoms with Gasteiger partial charge in [-0.05, 0) is 50.4 Å². The Kier molecular flexibility index (Phi) is 6.61. The summed E-state index contributed by atoms with van der Waals surface area (Å²) in [6.45, 7) is 6.51. The number of piperidine rings is 1. The molecule has 1 amide bonds. The Bertz CT molecular complexity index is 296. The summed E-state index contributed by atoms with van der Waals surface area (Å²) in [5, 5.41) is 0. The van der Waals surface area contributed by atoms with E-state index in [2.05, 4.69) is 18.7 Å². The van der Waals surface area contributed by atoms with Gasteiger partial charge in [0.1, 0.15) is 0 Å². The Morgan fingerprint density at radius 2 is 2.05 bits per heavy atom. The van der Waals surface area contributed by atoms with Crippen molar-refractivity contribution in [2.75, 3.05) is 13.1 Å². The first kappa shape index (κ1) is 16.8. The van der Waals surface area contributed by atoms with Crippen LogP contribution < -0.4 is 5.73 Å². The summed E-state index contributed by atoms with van der Waals surface area (Å²) in [5.74, 6) is 2.07. The minimum absolute atomic E-state index is 0. The van der Waals surface area contributed by atoms with E-state index in [0.717, 1.165) is 44.2 Å². The summed E-state index contributed by atoms with van der Waals surface area (Å²) in [7, 11) is 0. The van der Waals surface area contributed by atoms with Crippen LogP contribution in [0.4, 0.5) is 0 Å². The van der Waals surface area contributed by atoms with Crippen LogP contribution in [-0.4, -0.2) is 29.9 Å². The van der Waals surface area contributed by atoms with Gasteiger partial charge in [-0.1, -0.05) is 13.8 Å². The van der Waals surface area contributed by atoms with Crippen molar-refractivity contribution in [2.45, 2.75) is 58.4 Å². The molecule has 3 nitrogen and oxygen atoms in total. The van der Waals surface area contributed by atoms with Crippen LogP contribution in [0.1, 0.15) is 52.4 Å². The number of nitrogens with two attached hydrogens (primary N) is 1. The Morgan fingerprint density at radius 3 is 2.63 bits per heavy atom. The smallest absolute Gasteiger partial charge is 0.225 e. The van der Waals surface area contributed by atoms with E-state index >= 15 is 0 Å². The summed E-state index contributed by atoms with van der Waals surface area (Å²) < 4.78 is 0. The molecule has 3 unspecified atom stereocenters. The second-order valence-electron chi connectivity index (χ2n) is 6.69. The molecule has 0 aromatic heterocycles. The van der Waals surface area contributed by atoms with E-state index in [1.807, 2.05) is 0 Å². The number of carbonyl (C=O) groups excluding carboxylic acids is 1. The van der Waals surface area contributed by atoms with Crippen LogP contribution in [0.15, 0.2) is 0 Å². The van der Waals surface area contributed by atoms with Crippen LogP contribution in [0.5, 0.6) is 0 Å². The third-order valence-corrected chi connectivity index (χ3v) is 4.46. The average molecular weight is 289 g/mol. The average Bonchev–Trinajstić information content (AvgIpc) is 2.74. The topological polar surface area (TPSA) is 46.3 Å². The van der Waals surface area contributed by atoms with Gasteiger partial charge in [-0.2, -0.15) is 0 Å². The fourth-order valence-corrected chi connectivity index (χ4v) is 3.62. The summed E-state index contributed by atoms with van der Waals surface area (Å²) in [6, 6.07) is 0.259. The molecule has 1 aliphatic carbocycles. The number of carbonyl (C=O) groups is 1. The van der Waals surface area contributed by atoms with Crippen molar-refractivity contribution < 1.29 is 4.79 Å². The molecule has 19 heavy (non-hydrogen) atoms. The molecule has 4 heteroatoms. The zero-order chi connectivity index (χ0) is 13.1. The zero-order valence-corrected chi connectivity index (χ0v) is 13.1. The first-order chi connectivity index (χ1) is 8.56. The van der Waals surface area contributed by atoms with Crippen molar-refractivity contribution in [3.05, 3.63) is 0 Å². The van der Waals surface area contributed by atoms with Crippen LogP contribution in [-0.2, 0) is 4.79 Å². The molecule has 2 rings (SSSR count). The van der Waals surface area contributed by atoms with Gasteiger partial charge < -0.3 is 10.6 Å². The van der Waals surface area contributed by atoms with Crippen LogP contribution in [0, 0.1) is 17.8 Å². The minimum Gasteiger partial charge on any atom is -0.342 e. The van der Waals surface area contributed by atoms with E-state index in [9.17, 15) is 4.79 Å². The lowest BCUT2D eigenvalue weighted by molar-refractivity contribution is -0.137. The molecule has 112 valence electrons. The Labute approximate surface area is 123 Å². The molecule has 0 radical (unpaired) electrons. The Balaban J connectivity index is 0.00000180. The van der Waals surface area contributed by atoms with Crippen molar-refractivity contribution in [1.29, 1.82) is 0 Å². The predicted molar refractivity (Wildman–Crippen MR) is 81.3 cm³/mol. The lowest BCUT2D eigenvalue weighted by Gasteiger charge is -2.35. The third-order valence-electron chi connectivity index (χ3n) is 4.46. The normalized spacial score (nSPS) is 31.4. The van der Waals surface area contributed by atoms with Gasteiger partial charge in [-0.3, -0.25) is 4.79 Å². The molecule has 0 bridgehead atoms. The molecule has 2 fully saturated rings. The van der Waals surface area contributed by atoms with E-state index in [1.165, 1.54) is 19.3 Å². The SMILES string of the molecule is CC(C)CC1CCCN(C(=O)C2CCC(N)C2)C1.Cl. The van der Waals surface area contributed by atoms with Gasteiger partial charge in [0, 0.05) is 25.0 Å². The lowest BCUT2D eigenvalue weighted by atomic mass is 9.89. The Hall–Kier alpha value is -0.280. The standard InChI is InChI=1S/C15H28N2O.ClH/c1-11(2)8-12-4-3-7-17(10-12)15(18)13-5-6-14(16)9-13;/h11-14H,3-10,16H2,1-2H3;1H. The van der Waals surface area contributed by atoms with Gasteiger partial charge in [0.2, 0.25) is 5.91 Å². The van der Waals surface area contributed by atoms with Crippen molar-refractivity contribution in [2.24, 2.45) is 23.5 Å². The highest BCUT2D eigenvalue weighted by Crippen LogP contribution is 2.29. The largest absolute Gasteiger partial charge is 0.342 e. The summed E-state index contributed by atoms with van der Waals surface area (Å²) in [5.41, 5.74) is 5.91. The van der Waals surface area contributed by atoms with Gasteiger partial charge in [0.15, 0.2) is 0 Å². The quantitative estimate of drug-likeness (QED) is 0.868. The Morgan fingerprint density at radius 1 is 1.32 bits per heavy atom. The maximum absolute atomic E-state index is 12.4. The maximum Gasteiger partial charge on any atom is 0.225 e. The molecule has 0 aromatic rings. The van der Waals surface area contributed by atoms with Crippen LogP contribution in [0.25, 0.3) is 0 Å². The fraction of sp³-hybridized carbons (Fsp3) is 0.933. The van der Waals surface area contributed by atoms with Gasteiger partial charge >= 0.3 is 0 Å². The minimum atomic E-state index is 0. The van der Waals surface area contributed by atoms with E-state index in [1.54, 1.807) is 0 Å². The van der Waals surface area contributed by atoms with Crippen LogP contribution in [0.3, 0.4) is 0 Å². The number of amides is 1. The second kappa shape index (κ2) is 7.49. The van der Waals surface area contributed by atoms with Gasteiger partial charge in [-0.25, -0.2) is 0 Å². The monoisotopic (exact) mass is 288 g/mol. The molecule has 2 N–H and O–H groups in total. The lowest BCUT2D eigenvalue weighted by Crippen LogP contribution is -2.43. The van der Waals surface area contributed by atoms with E-state index in [-0.39, 0.29) is 24.4 Å². The number of nitrogens with zero attached hydrogens (tertiary/aromatic N) is 1. The van der Waals surface area contributed by atoms with E-state index in [4.69, 9.17) is 5.73 Å². The van der Waals surface area contributed by atoms with E-state index in [0.29, 0.717) is 5.91 Å². The molecule has 1 heterocycles. The van der Waals surface area contributed by atoms with E-state index < -0.39 is 0 Å². The first-order valence-electron chi connectivity index (χ1n) is 7.60. The molecule has 1 saturated heterocycles. The van der Waals surface area contributed by atoms with Crippen LogP contribution >= 0.6 is 12.4 Å². The van der Waals surface area contributed by atoms with Gasteiger partial charge in [-0.15, -0.1) is 12.4 Å². The molecular weight excluding hydrogens is 260 g/mol. The van der Waals surface area contributed by atoms with Gasteiger partial charge in [0.05, 0.1) is 0 Å². The number of hydrogen-bond donors (Lipinski definition) is 1. The summed E-state index contributed by atoms with van der Waals surface area (Å²) in [6.07, 6.45) is 6.68. The highest BCUT2D eigenvalue weighted by molar-refractivity contribution is 5.85. The highest BCUT2D eigenvalue weighted by Gasteiger charge is 2.33. The number of hydrogen-bond acceptors (Lipinski definition) is 2. The zero-order valence-electron chi connectivity index (χ0n) is 12.3. The summed E-state index contributed by atoms with van der Waals surface area (Å²) >= 11 is 0. The molecular formula is C15H29ClN2O.